The Morgan fingerprint density at radius 1 is 1.06 bits per heavy atom. The van der Waals surface area contributed by atoms with E-state index in [0.29, 0.717) is 5.75 Å². The van der Waals surface area contributed by atoms with Crippen molar-refractivity contribution in [3.63, 3.8) is 0 Å². The van der Waals surface area contributed by atoms with Crippen LogP contribution in [0.4, 0.5) is 0 Å². The van der Waals surface area contributed by atoms with Gasteiger partial charge in [0, 0.05) is 0 Å². The monoisotopic (exact) mass is 256 g/mol. The average molecular weight is 256 g/mol. The number of para-hydroxylation sites is 1. The van der Waals surface area contributed by atoms with Gasteiger partial charge >= 0.3 is 0 Å². The summed E-state index contributed by atoms with van der Waals surface area (Å²) in [5.74, 6) is 0.443. The highest BCUT2D eigenvalue weighted by Crippen LogP contribution is 2.24. The molecule has 1 fully saturated rings. The van der Waals surface area contributed by atoms with Crippen LogP contribution < -0.4 is 4.74 Å². The summed E-state index contributed by atoms with van der Waals surface area (Å²) in [5.41, 5.74) is 0. The Balaban J connectivity index is 2.08. The molecule has 1 heterocycles. The summed E-state index contributed by atoms with van der Waals surface area (Å²) >= 11 is 0. The number of ether oxygens (including phenoxy) is 2. The lowest BCUT2D eigenvalue weighted by atomic mass is 9.99. The van der Waals surface area contributed by atoms with Crippen molar-refractivity contribution in [2.45, 2.75) is 30.7 Å². The largest absolute Gasteiger partial charge is 0.482 e. The van der Waals surface area contributed by atoms with Crippen molar-refractivity contribution in [2.24, 2.45) is 0 Å². The van der Waals surface area contributed by atoms with Crippen LogP contribution in [0.1, 0.15) is 0 Å². The number of rotatable bonds is 3. The highest BCUT2D eigenvalue weighted by Gasteiger charge is 2.45. The normalized spacial score (nSPS) is 36.3. The van der Waals surface area contributed by atoms with E-state index in [0.717, 1.165) is 0 Å². The zero-order chi connectivity index (χ0) is 13.1. The van der Waals surface area contributed by atoms with Gasteiger partial charge in [0.2, 0.25) is 0 Å². The predicted molar refractivity (Wildman–Crippen MR) is 60.8 cm³/mol. The fourth-order valence-electron chi connectivity index (χ4n) is 1.86. The summed E-state index contributed by atoms with van der Waals surface area (Å²) in [7, 11) is 0. The first-order valence-electron chi connectivity index (χ1n) is 5.65. The molecule has 18 heavy (non-hydrogen) atoms. The van der Waals surface area contributed by atoms with Gasteiger partial charge < -0.3 is 29.9 Å². The summed E-state index contributed by atoms with van der Waals surface area (Å²) in [4.78, 5) is 0. The SMILES string of the molecule is OC[C@H]1O[C@H](O)[C@H](Oc2ccccc2)[C@@H](O)[C@@H]1O. The highest BCUT2D eigenvalue weighted by molar-refractivity contribution is 5.21. The predicted octanol–water partition coefficient (Wildman–Crippen LogP) is -1.13. The maximum atomic E-state index is 9.84. The van der Waals surface area contributed by atoms with E-state index >= 15 is 0 Å². The van der Waals surface area contributed by atoms with Crippen molar-refractivity contribution < 1.29 is 29.9 Å². The summed E-state index contributed by atoms with van der Waals surface area (Å²) < 4.78 is 10.3. The van der Waals surface area contributed by atoms with E-state index in [1.165, 1.54) is 0 Å². The molecule has 0 aliphatic carbocycles. The van der Waals surface area contributed by atoms with Crippen LogP contribution in [-0.2, 0) is 4.74 Å². The van der Waals surface area contributed by atoms with E-state index in [1.54, 1.807) is 30.3 Å². The molecule has 1 saturated heterocycles. The van der Waals surface area contributed by atoms with Gasteiger partial charge in [0.15, 0.2) is 12.4 Å². The number of aliphatic hydroxyl groups is 4. The van der Waals surface area contributed by atoms with Crippen molar-refractivity contribution in [1.29, 1.82) is 0 Å². The maximum Gasteiger partial charge on any atom is 0.195 e. The van der Waals surface area contributed by atoms with Crippen molar-refractivity contribution in [2.75, 3.05) is 6.61 Å². The van der Waals surface area contributed by atoms with Gasteiger partial charge in [-0.1, -0.05) is 18.2 Å². The van der Waals surface area contributed by atoms with Crippen LogP contribution in [0.25, 0.3) is 0 Å². The minimum absolute atomic E-state index is 0.443. The summed E-state index contributed by atoms with van der Waals surface area (Å²) in [6.07, 6.45) is -6.20. The molecule has 1 aliphatic heterocycles. The van der Waals surface area contributed by atoms with Crippen LogP contribution in [0.15, 0.2) is 30.3 Å². The molecule has 1 aromatic carbocycles. The second-order valence-corrected chi connectivity index (χ2v) is 4.12. The lowest BCUT2D eigenvalue weighted by Gasteiger charge is -2.39. The summed E-state index contributed by atoms with van der Waals surface area (Å²) in [6.45, 7) is -0.493. The summed E-state index contributed by atoms with van der Waals surface area (Å²) in [6, 6.07) is 8.59. The Kier molecular flexibility index (Phi) is 4.15. The fourth-order valence-corrected chi connectivity index (χ4v) is 1.86. The Bertz CT molecular complexity index is 370. The van der Waals surface area contributed by atoms with Crippen LogP contribution >= 0.6 is 0 Å². The molecule has 2 rings (SSSR count). The molecule has 0 unspecified atom stereocenters. The van der Waals surface area contributed by atoms with Crippen LogP contribution in [0.3, 0.4) is 0 Å². The number of aliphatic hydroxyl groups excluding tert-OH is 4. The van der Waals surface area contributed by atoms with E-state index < -0.39 is 37.3 Å². The zero-order valence-electron chi connectivity index (χ0n) is 9.59. The molecule has 0 saturated carbocycles. The average Bonchev–Trinajstić information content (AvgIpc) is 2.40. The molecule has 0 bridgehead atoms. The summed E-state index contributed by atoms with van der Waals surface area (Å²) in [5, 5.41) is 38.1. The lowest BCUT2D eigenvalue weighted by molar-refractivity contribution is -0.280. The van der Waals surface area contributed by atoms with Crippen molar-refractivity contribution in [3.05, 3.63) is 30.3 Å². The van der Waals surface area contributed by atoms with Crippen LogP contribution in [0.2, 0.25) is 0 Å². The smallest absolute Gasteiger partial charge is 0.195 e. The molecule has 5 atom stereocenters. The van der Waals surface area contributed by atoms with Gasteiger partial charge in [0.05, 0.1) is 6.61 Å². The third-order valence-electron chi connectivity index (χ3n) is 2.86. The van der Waals surface area contributed by atoms with Crippen LogP contribution in [-0.4, -0.2) is 57.7 Å². The minimum atomic E-state index is -1.42. The van der Waals surface area contributed by atoms with Gasteiger partial charge in [-0.2, -0.15) is 0 Å². The Labute approximate surface area is 104 Å². The molecule has 0 amide bonds. The molecule has 1 aromatic rings. The van der Waals surface area contributed by atoms with E-state index in [2.05, 4.69) is 0 Å². The minimum Gasteiger partial charge on any atom is -0.482 e. The molecule has 0 radical (unpaired) electrons. The fraction of sp³-hybridized carbons (Fsp3) is 0.500. The van der Waals surface area contributed by atoms with Gasteiger partial charge in [-0.15, -0.1) is 0 Å². The second-order valence-electron chi connectivity index (χ2n) is 4.12. The molecule has 6 nitrogen and oxygen atoms in total. The molecule has 100 valence electrons. The number of hydrogen-bond donors (Lipinski definition) is 4. The van der Waals surface area contributed by atoms with E-state index in [-0.39, 0.29) is 0 Å². The Morgan fingerprint density at radius 2 is 1.72 bits per heavy atom. The lowest BCUT2D eigenvalue weighted by Crippen LogP contribution is -2.60. The molecule has 6 heteroatoms. The van der Waals surface area contributed by atoms with E-state index in [9.17, 15) is 15.3 Å². The first-order valence-corrected chi connectivity index (χ1v) is 5.65. The van der Waals surface area contributed by atoms with Crippen molar-refractivity contribution in [3.8, 4) is 5.75 Å². The van der Waals surface area contributed by atoms with Gasteiger partial charge in [0.1, 0.15) is 24.1 Å². The van der Waals surface area contributed by atoms with Gasteiger partial charge in [-0.25, -0.2) is 0 Å². The molecule has 0 spiro atoms. The van der Waals surface area contributed by atoms with Crippen LogP contribution in [0, 0.1) is 0 Å². The maximum absolute atomic E-state index is 9.84. The standard InChI is InChI=1S/C12H16O6/c13-6-8-9(14)10(15)11(12(16)18-8)17-7-4-2-1-3-5-7/h1-5,8-16H,6H2/t8-,9-,10+,11-,12+/m1/s1. The quantitative estimate of drug-likeness (QED) is 0.546. The van der Waals surface area contributed by atoms with Crippen molar-refractivity contribution in [1.82, 2.24) is 0 Å². The molecular formula is C12H16O6. The first kappa shape index (κ1) is 13.3. The second kappa shape index (κ2) is 5.64. The van der Waals surface area contributed by atoms with Gasteiger partial charge in [0.25, 0.3) is 0 Å². The number of hydrogen-bond acceptors (Lipinski definition) is 6. The van der Waals surface area contributed by atoms with Crippen molar-refractivity contribution >= 4 is 0 Å². The Hall–Kier alpha value is -1.18. The molecule has 0 aromatic heterocycles. The number of benzene rings is 1. The topological polar surface area (TPSA) is 99.4 Å². The van der Waals surface area contributed by atoms with E-state index in [4.69, 9.17) is 14.6 Å². The third kappa shape index (κ3) is 2.63. The molecule has 1 aliphatic rings. The zero-order valence-corrected chi connectivity index (χ0v) is 9.59. The highest BCUT2D eigenvalue weighted by atomic mass is 16.7. The van der Waals surface area contributed by atoms with Gasteiger partial charge in [-0.05, 0) is 12.1 Å². The van der Waals surface area contributed by atoms with Gasteiger partial charge in [-0.3, -0.25) is 0 Å². The third-order valence-corrected chi connectivity index (χ3v) is 2.86. The van der Waals surface area contributed by atoms with Crippen LogP contribution in [0.5, 0.6) is 5.75 Å². The molecular weight excluding hydrogens is 240 g/mol. The Morgan fingerprint density at radius 3 is 2.33 bits per heavy atom. The van der Waals surface area contributed by atoms with E-state index in [1.807, 2.05) is 0 Å². The first-order chi connectivity index (χ1) is 8.63. The molecule has 4 N–H and O–H groups in total.